The van der Waals surface area contributed by atoms with Gasteiger partial charge in [-0.2, -0.15) is 20.5 Å². The van der Waals surface area contributed by atoms with Crippen molar-refractivity contribution in [1.29, 1.82) is 0 Å². The molecule has 0 saturated carbocycles. The third kappa shape index (κ3) is 12.8. The van der Waals surface area contributed by atoms with Gasteiger partial charge in [-0.15, -0.1) is 0 Å². The van der Waals surface area contributed by atoms with E-state index in [0.29, 0.717) is 11.1 Å². The smallest absolute Gasteiger partial charge is 0.258 e. The highest BCUT2D eigenvalue weighted by molar-refractivity contribution is 6.45. The van der Waals surface area contributed by atoms with E-state index >= 15 is 0 Å². The largest absolute Gasteiger partial charge is 0.324 e. The van der Waals surface area contributed by atoms with Crippen molar-refractivity contribution in [3.05, 3.63) is 135 Å². The molecule has 2 atom stereocenters. The van der Waals surface area contributed by atoms with E-state index in [0.717, 1.165) is 13.8 Å². The van der Waals surface area contributed by atoms with E-state index in [9.17, 15) is 28.8 Å². The molecule has 5 aromatic carbocycles. The number of amides is 4. The zero-order chi connectivity index (χ0) is 47.2. The molecule has 0 aromatic heterocycles. The number of hydrogen-bond donors (Lipinski definition) is 4. The average molecular weight is 1030 g/mol. The summed E-state index contributed by atoms with van der Waals surface area (Å²) in [6.45, 7) is 5.61. The maximum absolute atomic E-state index is 13.4. The summed E-state index contributed by atoms with van der Waals surface area (Å²) in [6, 6.07) is 13.3. The molecule has 22 heteroatoms. The third-order valence-electron chi connectivity index (χ3n) is 8.95. The van der Waals surface area contributed by atoms with Gasteiger partial charge < -0.3 is 21.3 Å². The lowest BCUT2D eigenvalue weighted by atomic mass is 10.0. The maximum Gasteiger partial charge on any atom is 0.258 e. The van der Waals surface area contributed by atoms with Crippen LogP contribution < -0.4 is 21.3 Å². The molecule has 5 aromatic rings. The number of halogens is 8. The number of benzene rings is 5. The first-order valence-corrected chi connectivity index (χ1v) is 21.2. The average Bonchev–Trinajstić information content (AvgIpc) is 3.21. The van der Waals surface area contributed by atoms with E-state index in [1.54, 1.807) is 13.8 Å². The minimum absolute atomic E-state index is 0.0497. The predicted molar refractivity (Wildman–Crippen MR) is 253 cm³/mol. The molecule has 0 aliphatic carbocycles. The molecular formula is C42H30Cl8N8O6. The predicted octanol–water partition coefficient (Wildman–Crippen LogP) is 13.4. The summed E-state index contributed by atoms with van der Waals surface area (Å²) in [5.74, 6) is -4.22. The number of ketones is 2. The Morgan fingerprint density at radius 1 is 0.438 bits per heavy atom. The summed E-state index contributed by atoms with van der Waals surface area (Å²) in [6.07, 6.45) is 0. The maximum atomic E-state index is 13.4. The highest BCUT2D eigenvalue weighted by atomic mass is 35.5. The molecule has 64 heavy (non-hydrogen) atoms. The second-order valence-corrected chi connectivity index (χ2v) is 17.0. The van der Waals surface area contributed by atoms with E-state index in [1.165, 1.54) is 72.8 Å². The highest BCUT2D eigenvalue weighted by Crippen LogP contribution is 2.35. The van der Waals surface area contributed by atoms with Crippen molar-refractivity contribution < 1.29 is 28.8 Å². The van der Waals surface area contributed by atoms with Crippen molar-refractivity contribution in [1.82, 2.24) is 0 Å². The topological polar surface area (TPSA) is 200 Å². The minimum atomic E-state index is -1.61. The summed E-state index contributed by atoms with van der Waals surface area (Å²) in [5.41, 5.74) is 2.11. The van der Waals surface area contributed by atoms with Crippen molar-refractivity contribution in [2.45, 2.75) is 39.8 Å². The first kappa shape index (κ1) is 49.8. The molecule has 0 heterocycles. The molecular weight excluding hydrogens is 996 g/mol. The fourth-order valence-electron chi connectivity index (χ4n) is 5.53. The molecule has 14 nitrogen and oxygen atoms in total. The fourth-order valence-corrected chi connectivity index (χ4v) is 7.18. The number of Topliss-reactive ketones (excluding diaryl/α,β-unsaturated/α-hetero) is 2. The van der Waals surface area contributed by atoms with Crippen LogP contribution in [0, 0.1) is 13.8 Å². The Labute approximate surface area is 405 Å². The lowest BCUT2D eigenvalue weighted by Crippen LogP contribution is -2.33. The molecule has 0 saturated heterocycles. The zero-order valence-corrected chi connectivity index (χ0v) is 39.4. The number of nitrogens with zero attached hydrogens (tertiary/aromatic N) is 4. The molecule has 4 N–H and O–H groups in total. The van der Waals surface area contributed by atoms with Gasteiger partial charge in [-0.05, 0) is 112 Å². The number of rotatable bonds is 14. The summed E-state index contributed by atoms with van der Waals surface area (Å²) >= 11 is 49.0. The molecule has 2 unspecified atom stereocenters. The standard InChI is InChI=1S/C42H30Cl8N8O6/c1-17-18(2)34(52-42(64)38(20(4)60)58-56-26-10-22(8-24(44)12-26)40(62)54-36-16-30(48)28(46)14-32(36)50)6-5-33(17)51-41(63)37(19(3)59)57-55-25-9-21(7-23(43)11-25)39(61)53-35-15-29(47)27(45)13-31(35)49/h5-16,37-38H,1-4H3,(H,51,63)(H,52,64)(H,53,61)(H,54,62). The van der Waals surface area contributed by atoms with Crippen LogP contribution in [0.2, 0.25) is 40.2 Å². The number of anilines is 4. The van der Waals surface area contributed by atoms with E-state index in [-0.39, 0.29) is 85.4 Å². The highest BCUT2D eigenvalue weighted by Gasteiger charge is 2.27. The summed E-state index contributed by atoms with van der Waals surface area (Å²) in [5, 5.41) is 27.6. The second kappa shape index (κ2) is 21.7. The number of hydrogen-bond acceptors (Lipinski definition) is 10. The summed E-state index contributed by atoms with van der Waals surface area (Å²) in [4.78, 5) is 78.1. The Morgan fingerprint density at radius 2 is 0.781 bits per heavy atom. The quantitative estimate of drug-likeness (QED) is 0.0484. The Bertz CT molecular complexity index is 2630. The van der Waals surface area contributed by atoms with E-state index in [4.69, 9.17) is 92.8 Å². The van der Waals surface area contributed by atoms with Crippen molar-refractivity contribution in [2.75, 3.05) is 21.3 Å². The van der Waals surface area contributed by atoms with Crippen molar-refractivity contribution in [2.24, 2.45) is 20.5 Å². The van der Waals surface area contributed by atoms with Crippen LogP contribution in [0.3, 0.4) is 0 Å². The monoisotopic (exact) mass is 1020 g/mol. The zero-order valence-electron chi connectivity index (χ0n) is 33.3. The summed E-state index contributed by atoms with van der Waals surface area (Å²) in [7, 11) is 0. The number of carbonyl (C=O) groups is 6. The molecule has 0 fully saturated rings. The lowest BCUT2D eigenvalue weighted by molar-refractivity contribution is -0.127. The van der Waals surface area contributed by atoms with Crippen LogP contribution in [0.15, 0.2) is 93.3 Å². The van der Waals surface area contributed by atoms with Crippen LogP contribution >= 0.6 is 92.8 Å². The van der Waals surface area contributed by atoms with Crippen molar-refractivity contribution in [3.8, 4) is 0 Å². The van der Waals surface area contributed by atoms with Gasteiger partial charge in [0, 0.05) is 32.5 Å². The van der Waals surface area contributed by atoms with E-state index < -0.39 is 47.3 Å². The van der Waals surface area contributed by atoms with Gasteiger partial charge in [0.25, 0.3) is 23.6 Å². The SMILES string of the molecule is CC(=O)C(N=Nc1cc(Cl)cc(C(=O)Nc2cc(Cl)c(Cl)cc2Cl)c1)C(=O)Nc1ccc(NC(=O)C(N=Nc2cc(Cl)cc(C(=O)Nc3cc(Cl)c(Cl)cc3Cl)c2)C(C)=O)c(C)c1C. The van der Waals surface area contributed by atoms with Crippen LogP contribution in [-0.2, 0) is 19.2 Å². The van der Waals surface area contributed by atoms with Crippen molar-refractivity contribution >= 4 is 162 Å². The first-order valence-electron chi connectivity index (χ1n) is 18.2. The summed E-state index contributed by atoms with van der Waals surface area (Å²) < 4.78 is 0. The Morgan fingerprint density at radius 3 is 1.12 bits per heavy atom. The van der Waals surface area contributed by atoms with Crippen LogP contribution in [0.4, 0.5) is 34.1 Å². The third-order valence-corrected chi connectivity index (χ3v) is 11.5. The van der Waals surface area contributed by atoms with Gasteiger partial charge in [-0.25, -0.2) is 0 Å². The second-order valence-electron chi connectivity index (χ2n) is 13.6. The number of azo groups is 2. The van der Waals surface area contributed by atoms with E-state index in [1.807, 2.05) is 0 Å². The number of nitrogens with one attached hydrogen (secondary N) is 4. The van der Waals surface area contributed by atoms with Crippen LogP contribution in [-0.4, -0.2) is 47.3 Å². The van der Waals surface area contributed by atoms with Crippen LogP contribution in [0.5, 0.6) is 0 Å². The molecule has 0 bridgehead atoms. The van der Waals surface area contributed by atoms with Crippen LogP contribution in [0.1, 0.15) is 45.7 Å². The number of carbonyl (C=O) groups excluding carboxylic acids is 6. The van der Waals surface area contributed by atoms with Gasteiger partial charge in [-0.1, -0.05) is 92.8 Å². The fraction of sp³-hybridized carbons (Fsp3) is 0.143. The molecule has 0 aliphatic rings. The van der Waals surface area contributed by atoms with Crippen molar-refractivity contribution in [3.63, 3.8) is 0 Å². The van der Waals surface area contributed by atoms with E-state index in [2.05, 4.69) is 41.7 Å². The molecule has 330 valence electrons. The van der Waals surface area contributed by atoms with Gasteiger partial charge in [0.05, 0.1) is 52.9 Å². The molecule has 0 radical (unpaired) electrons. The molecule has 0 aliphatic heterocycles. The molecule has 4 amide bonds. The molecule has 0 spiro atoms. The molecule has 5 rings (SSSR count). The van der Waals surface area contributed by atoms with Gasteiger partial charge in [0.1, 0.15) is 0 Å². The van der Waals surface area contributed by atoms with Crippen LogP contribution in [0.25, 0.3) is 0 Å². The Hall–Kier alpha value is -5.16. The van der Waals surface area contributed by atoms with Gasteiger partial charge in [0.2, 0.25) is 12.1 Å². The lowest BCUT2D eigenvalue weighted by Gasteiger charge is -2.17. The Balaban J connectivity index is 1.27. The van der Waals surface area contributed by atoms with Gasteiger partial charge in [-0.3, -0.25) is 28.8 Å². The normalized spacial score (nSPS) is 12.2. The minimum Gasteiger partial charge on any atom is -0.324 e. The first-order chi connectivity index (χ1) is 30.1. The van der Waals surface area contributed by atoms with Gasteiger partial charge >= 0.3 is 0 Å². The Kier molecular flexibility index (Phi) is 16.9. The van der Waals surface area contributed by atoms with Gasteiger partial charge in [0.15, 0.2) is 11.6 Å².